The number of fused-ring (bicyclic) bond motifs is 2. The number of hydrogen-bond donors (Lipinski definition) is 2. The minimum atomic E-state index is -0.565. The molecule has 0 saturated heterocycles. The molecular weight excluding hydrogens is 308 g/mol. The summed E-state index contributed by atoms with van der Waals surface area (Å²) >= 11 is 0. The summed E-state index contributed by atoms with van der Waals surface area (Å²) in [4.78, 5) is 23.2. The topological polar surface area (TPSA) is 90.7 Å². The Morgan fingerprint density at radius 3 is 2.71 bits per heavy atom. The Morgan fingerprint density at radius 2 is 2.08 bits per heavy atom. The van der Waals surface area contributed by atoms with Gasteiger partial charge in [0.25, 0.3) is 11.8 Å². The fraction of sp³-hybridized carbons (Fsp3) is 0.556. The van der Waals surface area contributed by atoms with Gasteiger partial charge in [-0.15, -0.1) is 0 Å². The van der Waals surface area contributed by atoms with Gasteiger partial charge in [-0.05, 0) is 55.2 Å². The molecule has 2 aliphatic rings. The number of rotatable bonds is 7. The molecule has 1 aromatic rings. The zero-order chi connectivity index (χ0) is 17.1. The molecule has 2 fully saturated rings. The Hall–Kier alpha value is -2.24. The highest BCUT2D eigenvalue weighted by Gasteiger charge is 2.39. The summed E-state index contributed by atoms with van der Waals surface area (Å²) in [5.74, 6) is 2.40. The van der Waals surface area contributed by atoms with Crippen LogP contribution in [0.1, 0.15) is 36.0 Å². The molecule has 0 radical (unpaired) electrons. The Labute approximate surface area is 141 Å². The van der Waals surface area contributed by atoms with E-state index in [0.29, 0.717) is 23.0 Å². The molecule has 3 rings (SSSR count). The summed E-state index contributed by atoms with van der Waals surface area (Å²) in [6, 6.07) is 4.90. The molecule has 6 heteroatoms. The van der Waals surface area contributed by atoms with Crippen molar-refractivity contribution in [3.63, 3.8) is 0 Å². The first-order valence-corrected chi connectivity index (χ1v) is 8.44. The first-order valence-electron chi connectivity index (χ1n) is 8.44. The van der Waals surface area contributed by atoms with Crippen molar-refractivity contribution in [2.24, 2.45) is 23.5 Å². The van der Waals surface area contributed by atoms with Crippen LogP contribution >= 0.6 is 0 Å². The third-order valence-electron chi connectivity index (χ3n) is 5.21. The summed E-state index contributed by atoms with van der Waals surface area (Å²) in [6.45, 7) is 0.508. The molecule has 24 heavy (non-hydrogen) atoms. The summed E-state index contributed by atoms with van der Waals surface area (Å²) < 4.78 is 10.5. The number of methoxy groups -OCH3 is 1. The smallest absolute Gasteiger partial charge is 0.255 e. The number of carbonyl (C=O) groups is 2. The third kappa shape index (κ3) is 3.63. The molecule has 0 unspecified atom stereocenters. The molecule has 0 spiro atoms. The van der Waals surface area contributed by atoms with E-state index >= 15 is 0 Å². The van der Waals surface area contributed by atoms with Gasteiger partial charge in [0, 0.05) is 12.1 Å². The Kier molecular flexibility index (Phi) is 4.92. The first-order chi connectivity index (χ1) is 11.6. The number of nitrogens with two attached hydrogens (primary N) is 1. The van der Waals surface area contributed by atoms with E-state index in [4.69, 9.17) is 15.2 Å². The highest BCUT2D eigenvalue weighted by Crippen LogP contribution is 2.47. The largest absolute Gasteiger partial charge is 0.493 e. The summed E-state index contributed by atoms with van der Waals surface area (Å²) in [6.07, 6.45) is 5.25. The second-order valence-electron chi connectivity index (χ2n) is 6.77. The van der Waals surface area contributed by atoms with Crippen molar-refractivity contribution in [2.75, 3.05) is 20.3 Å². The predicted molar refractivity (Wildman–Crippen MR) is 89.0 cm³/mol. The van der Waals surface area contributed by atoms with E-state index in [2.05, 4.69) is 5.32 Å². The first kappa shape index (κ1) is 16.6. The molecule has 1 aromatic carbocycles. The van der Waals surface area contributed by atoms with Gasteiger partial charge < -0.3 is 20.5 Å². The third-order valence-corrected chi connectivity index (χ3v) is 5.21. The van der Waals surface area contributed by atoms with Crippen molar-refractivity contribution in [1.29, 1.82) is 0 Å². The van der Waals surface area contributed by atoms with Crippen LogP contribution in [0.4, 0.5) is 0 Å². The van der Waals surface area contributed by atoms with Crippen LogP contribution in [0.25, 0.3) is 0 Å². The maximum atomic E-state index is 12.4. The van der Waals surface area contributed by atoms with Crippen LogP contribution in [0.2, 0.25) is 0 Å². The van der Waals surface area contributed by atoms with Crippen LogP contribution in [0, 0.1) is 17.8 Å². The van der Waals surface area contributed by atoms with Gasteiger partial charge in [-0.1, -0.05) is 6.42 Å². The lowest BCUT2D eigenvalue weighted by molar-refractivity contribution is -0.119. The van der Waals surface area contributed by atoms with Crippen LogP contribution < -0.4 is 20.5 Å². The lowest BCUT2D eigenvalue weighted by Gasteiger charge is -2.21. The van der Waals surface area contributed by atoms with Crippen molar-refractivity contribution in [3.8, 4) is 11.5 Å². The fourth-order valence-corrected chi connectivity index (χ4v) is 4.03. The Morgan fingerprint density at radius 1 is 1.25 bits per heavy atom. The van der Waals surface area contributed by atoms with Crippen LogP contribution in [0.3, 0.4) is 0 Å². The zero-order valence-corrected chi connectivity index (χ0v) is 13.9. The van der Waals surface area contributed by atoms with Crippen molar-refractivity contribution in [3.05, 3.63) is 23.8 Å². The number of primary amides is 1. The monoisotopic (exact) mass is 332 g/mol. The van der Waals surface area contributed by atoms with E-state index in [1.54, 1.807) is 18.2 Å². The molecule has 6 nitrogen and oxygen atoms in total. The van der Waals surface area contributed by atoms with E-state index < -0.39 is 5.91 Å². The highest BCUT2D eigenvalue weighted by molar-refractivity contribution is 5.94. The maximum Gasteiger partial charge on any atom is 0.255 e. The normalized spacial score (nSPS) is 24.6. The van der Waals surface area contributed by atoms with Crippen LogP contribution in [0.15, 0.2) is 18.2 Å². The minimum absolute atomic E-state index is 0.113. The van der Waals surface area contributed by atoms with Gasteiger partial charge in [-0.2, -0.15) is 0 Å². The fourth-order valence-electron chi connectivity index (χ4n) is 4.03. The average molecular weight is 332 g/mol. The molecule has 2 saturated carbocycles. The number of nitrogens with one attached hydrogen (secondary N) is 1. The lowest BCUT2D eigenvalue weighted by atomic mass is 9.89. The molecule has 0 aliphatic heterocycles. The second kappa shape index (κ2) is 7.11. The van der Waals surface area contributed by atoms with E-state index in [1.165, 1.54) is 32.8 Å². The number of hydrogen-bond acceptors (Lipinski definition) is 4. The molecule has 3 N–H and O–H groups in total. The van der Waals surface area contributed by atoms with Crippen molar-refractivity contribution in [2.45, 2.75) is 25.7 Å². The van der Waals surface area contributed by atoms with Crippen LogP contribution in [-0.2, 0) is 4.79 Å². The highest BCUT2D eigenvalue weighted by atomic mass is 16.5. The van der Waals surface area contributed by atoms with E-state index in [-0.39, 0.29) is 12.5 Å². The van der Waals surface area contributed by atoms with E-state index in [1.807, 2.05) is 0 Å². The Balaban J connectivity index is 1.59. The summed E-state index contributed by atoms with van der Waals surface area (Å²) in [7, 11) is 1.49. The van der Waals surface area contributed by atoms with Crippen molar-refractivity contribution in [1.82, 2.24) is 5.32 Å². The second-order valence-corrected chi connectivity index (χ2v) is 6.77. The number of carbonyl (C=O) groups excluding carboxylic acids is 2. The molecule has 2 aliphatic carbocycles. The molecule has 2 amide bonds. The molecule has 0 heterocycles. The summed E-state index contributed by atoms with van der Waals surface area (Å²) in [5, 5.41) is 3.04. The SMILES string of the molecule is COc1cc(C(=O)NC[C@@H]2C[C@H]3CC[C@H]2C3)ccc1OCC(N)=O. The quantitative estimate of drug-likeness (QED) is 0.795. The number of ether oxygens (including phenoxy) is 2. The van der Waals surface area contributed by atoms with Crippen LogP contribution in [-0.4, -0.2) is 32.1 Å². The minimum Gasteiger partial charge on any atom is -0.493 e. The number of amides is 2. The standard InChI is InChI=1S/C18H24N2O4/c1-23-16-8-13(4-5-15(16)24-10-17(19)21)18(22)20-9-14-7-11-2-3-12(14)6-11/h4-5,8,11-12,14H,2-3,6-7,9-10H2,1H3,(H2,19,21)(H,20,22)/t11-,12-,14-/m0/s1. The van der Waals surface area contributed by atoms with Crippen LogP contribution in [0.5, 0.6) is 11.5 Å². The van der Waals surface area contributed by atoms with Gasteiger partial charge in [0.1, 0.15) is 0 Å². The average Bonchev–Trinajstić information content (AvgIpc) is 3.20. The zero-order valence-electron chi connectivity index (χ0n) is 13.9. The van der Waals surface area contributed by atoms with Gasteiger partial charge in [-0.25, -0.2) is 0 Å². The molecule has 2 bridgehead atoms. The van der Waals surface area contributed by atoms with Gasteiger partial charge >= 0.3 is 0 Å². The lowest BCUT2D eigenvalue weighted by Crippen LogP contribution is -2.31. The van der Waals surface area contributed by atoms with Crippen molar-refractivity contribution >= 4 is 11.8 Å². The van der Waals surface area contributed by atoms with E-state index in [9.17, 15) is 9.59 Å². The molecule has 3 atom stereocenters. The summed E-state index contributed by atoms with van der Waals surface area (Å²) in [5.41, 5.74) is 5.58. The predicted octanol–water partition coefficient (Wildman–Crippen LogP) is 1.73. The number of benzene rings is 1. The Bertz CT molecular complexity index is 631. The van der Waals surface area contributed by atoms with Gasteiger partial charge in [0.15, 0.2) is 18.1 Å². The van der Waals surface area contributed by atoms with Gasteiger partial charge in [-0.3, -0.25) is 9.59 Å². The van der Waals surface area contributed by atoms with Gasteiger partial charge in [0.2, 0.25) is 0 Å². The molecular formula is C18H24N2O4. The molecule has 130 valence electrons. The van der Waals surface area contributed by atoms with Crippen molar-refractivity contribution < 1.29 is 19.1 Å². The molecule has 0 aromatic heterocycles. The van der Waals surface area contributed by atoms with E-state index in [0.717, 1.165) is 18.4 Å². The maximum absolute atomic E-state index is 12.4. The van der Waals surface area contributed by atoms with Gasteiger partial charge in [0.05, 0.1) is 7.11 Å².